The van der Waals surface area contributed by atoms with E-state index in [-0.39, 0.29) is 0 Å². The van der Waals surface area contributed by atoms with E-state index in [2.05, 4.69) is 46.3 Å². The number of hydrogen-bond acceptors (Lipinski definition) is 0. The van der Waals surface area contributed by atoms with Crippen molar-refractivity contribution in [1.82, 2.24) is 0 Å². The summed E-state index contributed by atoms with van der Waals surface area (Å²) in [5.41, 5.74) is 11.4. The summed E-state index contributed by atoms with van der Waals surface area (Å²) in [6.45, 7) is 0. The Morgan fingerprint density at radius 3 is 2.00 bits per heavy atom. The Balaban J connectivity index is 1.13. The second kappa shape index (κ2) is 4.75. The smallest absolute Gasteiger partial charge is 0.0256 e. The minimum absolute atomic E-state index is 0.746. The van der Waals surface area contributed by atoms with Crippen molar-refractivity contribution in [2.75, 3.05) is 0 Å². The van der Waals surface area contributed by atoms with Crippen molar-refractivity contribution in [1.29, 1.82) is 0 Å². The number of fused-ring (bicyclic) bond motifs is 8. The van der Waals surface area contributed by atoms with Crippen LogP contribution >= 0.6 is 15.9 Å². The molecule has 10 rings (SSSR count). The molecule has 2 aromatic carbocycles. The highest BCUT2D eigenvalue weighted by molar-refractivity contribution is 9.10. The zero-order valence-corrected chi connectivity index (χ0v) is 19.6. The van der Waals surface area contributed by atoms with Gasteiger partial charge in [0.2, 0.25) is 0 Å². The molecule has 8 aliphatic carbocycles. The van der Waals surface area contributed by atoms with Crippen LogP contribution in [0.5, 0.6) is 0 Å². The Kier molecular flexibility index (Phi) is 2.53. The maximum atomic E-state index is 4.05. The van der Waals surface area contributed by atoms with Crippen LogP contribution in [0.15, 0.2) is 34.8 Å². The topological polar surface area (TPSA) is 0 Å². The molecule has 6 fully saturated rings. The first kappa shape index (κ1) is 16.5. The first-order valence-corrected chi connectivity index (χ1v) is 13.9. The number of hydrogen-bond donors (Lipinski definition) is 0. The van der Waals surface area contributed by atoms with Gasteiger partial charge in [-0.25, -0.2) is 0 Å². The molecule has 2 aromatic rings. The van der Waals surface area contributed by atoms with Crippen LogP contribution in [0.25, 0.3) is 11.1 Å². The summed E-state index contributed by atoms with van der Waals surface area (Å²) in [5.74, 6) is 7.77. The van der Waals surface area contributed by atoms with Crippen LogP contribution in [-0.4, -0.2) is 0 Å². The molecule has 156 valence electrons. The Bertz CT molecular complexity index is 1240. The summed E-state index contributed by atoms with van der Waals surface area (Å²) in [7, 11) is 0. The van der Waals surface area contributed by atoms with Gasteiger partial charge in [0.1, 0.15) is 0 Å². The molecule has 4 bridgehead atoms. The zero-order valence-electron chi connectivity index (χ0n) is 18.0. The van der Waals surface area contributed by atoms with E-state index in [4.69, 9.17) is 0 Å². The Morgan fingerprint density at radius 2 is 1.29 bits per heavy atom. The second-order valence-corrected chi connectivity index (χ2v) is 14.1. The molecule has 0 saturated heterocycles. The first-order chi connectivity index (χ1) is 15.1. The fourth-order valence-electron chi connectivity index (χ4n) is 11.2. The van der Waals surface area contributed by atoms with Crippen molar-refractivity contribution < 1.29 is 0 Å². The lowest BCUT2D eigenvalue weighted by Gasteiger charge is -2.43. The molecule has 0 aromatic heterocycles. The molecule has 0 amide bonds. The third kappa shape index (κ3) is 1.67. The standard InChI is InChI=1S/C30H29Br/c31-28-9-23-21(16-4-18-11-30(13-27(23)30)25(18)7-16)8-22(28)14-1-2-19-20(5-14)15-3-17-10-29(12-26(19)29)24(17)6-15/h1-2,5,8-9,15-18,24-27H,3-4,6-7,10-13H2. The van der Waals surface area contributed by atoms with E-state index in [0.717, 1.165) is 58.2 Å². The van der Waals surface area contributed by atoms with Gasteiger partial charge >= 0.3 is 0 Å². The lowest BCUT2D eigenvalue weighted by Crippen LogP contribution is -2.35. The number of rotatable bonds is 1. The number of halogens is 1. The van der Waals surface area contributed by atoms with Crippen molar-refractivity contribution >= 4 is 15.9 Å². The van der Waals surface area contributed by atoms with Crippen LogP contribution in [0.2, 0.25) is 0 Å². The van der Waals surface area contributed by atoms with Crippen molar-refractivity contribution in [3.8, 4) is 11.1 Å². The quantitative estimate of drug-likeness (QED) is 0.396. The highest BCUT2D eigenvalue weighted by Gasteiger charge is 2.73. The van der Waals surface area contributed by atoms with Gasteiger partial charge in [0, 0.05) is 4.47 Å². The molecule has 31 heavy (non-hydrogen) atoms. The summed E-state index contributed by atoms with van der Waals surface area (Å²) >= 11 is 4.05. The molecule has 1 heteroatoms. The minimum atomic E-state index is 0.746. The second-order valence-electron chi connectivity index (χ2n) is 13.3. The van der Waals surface area contributed by atoms with Crippen LogP contribution in [0, 0.1) is 34.5 Å². The molecular weight excluding hydrogens is 440 g/mol. The lowest BCUT2D eigenvalue weighted by molar-refractivity contribution is 0.0724. The first-order valence-electron chi connectivity index (χ1n) is 13.1. The monoisotopic (exact) mass is 468 g/mol. The molecule has 6 saturated carbocycles. The molecule has 10 unspecified atom stereocenters. The predicted octanol–water partition coefficient (Wildman–Crippen LogP) is 8.12. The fraction of sp³-hybridized carbons (Fsp3) is 0.600. The van der Waals surface area contributed by atoms with Gasteiger partial charge in [-0.3, -0.25) is 0 Å². The van der Waals surface area contributed by atoms with Crippen LogP contribution in [0.1, 0.15) is 97.3 Å². The van der Waals surface area contributed by atoms with Gasteiger partial charge in [-0.2, -0.15) is 0 Å². The van der Waals surface area contributed by atoms with Gasteiger partial charge in [0.25, 0.3) is 0 Å². The van der Waals surface area contributed by atoms with Crippen LogP contribution < -0.4 is 0 Å². The van der Waals surface area contributed by atoms with E-state index >= 15 is 0 Å². The Morgan fingerprint density at radius 1 is 0.645 bits per heavy atom. The van der Waals surface area contributed by atoms with Crippen molar-refractivity contribution in [2.45, 2.75) is 75.0 Å². The van der Waals surface area contributed by atoms with E-state index < -0.39 is 0 Å². The molecular formula is C30H29Br. The van der Waals surface area contributed by atoms with E-state index in [9.17, 15) is 0 Å². The highest BCUT2D eigenvalue weighted by atomic mass is 79.9. The zero-order chi connectivity index (χ0) is 19.9. The SMILES string of the molecule is Brc1cc2c(cc1-c1ccc3c(c1)C1CC4CC5(CC35)C4C1)C1CC3CC4(CC24)C3C1. The maximum absolute atomic E-state index is 4.05. The van der Waals surface area contributed by atoms with Gasteiger partial charge in [-0.1, -0.05) is 34.1 Å². The van der Waals surface area contributed by atoms with Crippen molar-refractivity contribution in [3.05, 3.63) is 57.1 Å². The average molecular weight is 469 g/mol. The highest BCUT2D eigenvalue weighted by Crippen LogP contribution is 2.83. The molecule has 0 heterocycles. The Hall–Kier alpha value is -1.08. The van der Waals surface area contributed by atoms with Gasteiger partial charge in [-0.15, -0.1) is 0 Å². The molecule has 2 spiro atoms. The molecule has 0 aliphatic heterocycles. The minimum Gasteiger partial charge on any atom is -0.0578 e. The normalized spacial score (nSPS) is 51.9. The molecule has 0 nitrogen and oxygen atoms in total. The summed E-state index contributed by atoms with van der Waals surface area (Å²) in [4.78, 5) is 0. The molecule has 10 atom stereocenters. The molecule has 0 N–H and O–H groups in total. The lowest BCUT2D eigenvalue weighted by atomic mass is 9.62. The largest absolute Gasteiger partial charge is 0.0578 e. The Labute approximate surface area is 193 Å². The van der Waals surface area contributed by atoms with Crippen LogP contribution in [0.3, 0.4) is 0 Å². The van der Waals surface area contributed by atoms with Gasteiger partial charge in [0.05, 0.1) is 0 Å². The predicted molar refractivity (Wildman–Crippen MR) is 126 cm³/mol. The summed E-state index contributed by atoms with van der Waals surface area (Å²) in [6, 6.07) is 12.9. The number of benzene rings is 2. The van der Waals surface area contributed by atoms with E-state index in [0.29, 0.717) is 0 Å². The van der Waals surface area contributed by atoms with E-state index in [1.807, 2.05) is 0 Å². The van der Waals surface area contributed by atoms with Crippen LogP contribution in [-0.2, 0) is 0 Å². The van der Waals surface area contributed by atoms with Gasteiger partial charge in [0.15, 0.2) is 0 Å². The molecule has 8 aliphatic rings. The fourth-order valence-corrected chi connectivity index (χ4v) is 11.8. The van der Waals surface area contributed by atoms with Crippen molar-refractivity contribution in [2.24, 2.45) is 34.5 Å². The third-order valence-electron chi connectivity index (χ3n) is 12.6. The van der Waals surface area contributed by atoms with E-state index in [1.165, 1.54) is 54.1 Å². The maximum Gasteiger partial charge on any atom is 0.0256 e. The average Bonchev–Trinajstić information content (AvgIpc) is 3.61. The van der Waals surface area contributed by atoms with Crippen molar-refractivity contribution in [3.63, 3.8) is 0 Å². The van der Waals surface area contributed by atoms with Crippen LogP contribution in [0.4, 0.5) is 0 Å². The summed E-state index contributed by atoms with van der Waals surface area (Å²) < 4.78 is 1.35. The van der Waals surface area contributed by atoms with Gasteiger partial charge in [-0.05, 0) is 155 Å². The van der Waals surface area contributed by atoms with E-state index in [1.54, 1.807) is 35.1 Å². The summed E-state index contributed by atoms with van der Waals surface area (Å²) in [6.07, 6.45) is 12.1. The van der Waals surface area contributed by atoms with Gasteiger partial charge < -0.3 is 0 Å². The molecule has 0 radical (unpaired) electrons. The summed E-state index contributed by atoms with van der Waals surface area (Å²) in [5, 5.41) is 0. The third-order valence-corrected chi connectivity index (χ3v) is 13.2.